The second kappa shape index (κ2) is 7.80. The van der Waals surface area contributed by atoms with E-state index in [2.05, 4.69) is 6.92 Å². The molecule has 22 heavy (non-hydrogen) atoms. The van der Waals surface area contributed by atoms with Crippen LogP contribution >= 0.6 is 0 Å². The van der Waals surface area contributed by atoms with E-state index in [0.717, 1.165) is 17.5 Å². The highest BCUT2D eigenvalue weighted by molar-refractivity contribution is 5.97. The zero-order valence-corrected chi connectivity index (χ0v) is 12.5. The van der Waals surface area contributed by atoms with Gasteiger partial charge in [-0.25, -0.2) is 4.79 Å². The Hall–Kier alpha value is -2.86. The first-order valence-corrected chi connectivity index (χ1v) is 7.14. The molecule has 3 heteroatoms. The van der Waals surface area contributed by atoms with E-state index in [-0.39, 0.29) is 12.2 Å². The van der Waals surface area contributed by atoms with Crippen molar-refractivity contribution in [2.75, 3.05) is 0 Å². The van der Waals surface area contributed by atoms with Crippen LogP contribution in [0.1, 0.15) is 23.6 Å². The van der Waals surface area contributed by atoms with Crippen LogP contribution in [0.25, 0.3) is 6.08 Å². The summed E-state index contributed by atoms with van der Waals surface area (Å²) in [6, 6.07) is 19.0. The predicted molar refractivity (Wildman–Crippen MR) is 85.6 cm³/mol. The van der Waals surface area contributed by atoms with Crippen LogP contribution < -0.4 is 0 Å². The third-order valence-corrected chi connectivity index (χ3v) is 3.25. The van der Waals surface area contributed by atoms with Crippen molar-refractivity contribution in [3.8, 4) is 6.07 Å². The van der Waals surface area contributed by atoms with Gasteiger partial charge in [0.1, 0.15) is 18.2 Å². The average molecular weight is 291 g/mol. The fourth-order valence-corrected chi connectivity index (χ4v) is 1.95. The molecule has 0 aromatic heterocycles. The van der Waals surface area contributed by atoms with Crippen LogP contribution in [0.5, 0.6) is 0 Å². The van der Waals surface area contributed by atoms with Gasteiger partial charge in [-0.3, -0.25) is 0 Å². The minimum absolute atomic E-state index is 0.000166. The number of benzene rings is 2. The molecular formula is C19H17NO2. The minimum Gasteiger partial charge on any atom is -0.457 e. The lowest BCUT2D eigenvalue weighted by molar-refractivity contribution is -0.139. The number of carbonyl (C=O) groups is 1. The largest absolute Gasteiger partial charge is 0.457 e. The molecule has 0 heterocycles. The van der Waals surface area contributed by atoms with Gasteiger partial charge in [0.05, 0.1) is 0 Å². The van der Waals surface area contributed by atoms with Crippen molar-refractivity contribution in [2.24, 2.45) is 0 Å². The third-order valence-electron chi connectivity index (χ3n) is 3.25. The van der Waals surface area contributed by atoms with E-state index in [1.165, 1.54) is 5.56 Å². The van der Waals surface area contributed by atoms with Gasteiger partial charge in [0.15, 0.2) is 0 Å². The molecule has 2 aromatic carbocycles. The van der Waals surface area contributed by atoms with Crippen molar-refractivity contribution in [1.82, 2.24) is 0 Å². The van der Waals surface area contributed by atoms with Crippen LogP contribution in [0.15, 0.2) is 60.2 Å². The van der Waals surface area contributed by atoms with E-state index in [0.29, 0.717) is 0 Å². The number of hydrogen-bond acceptors (Lipinski definition) is 3. The molecule has 0 spiro atoms. The number of ether oxygens (including phenoxy) is 1. The summed E-state index contributed by atoms with van der Waals surface area (Å²) in [7, 11) is 0. The number of hydrogen-bond donors (Lipinski definition) is 0. The average Bonchev–Trinajstić information content (AvgIpc) is 2.59. The number of rotatable bonds is 5. The molecule has 0 saturated heterocycles. The Morgan fingerprint density at radius 2 is 1.77 bits per heavy atom. The summed E-state index contributed by atoms with van der Waals surface area (Å²) in [5, 5.41) is 9.14. The highest BCUT2D eigenvalue weighted by atomic mass is 16.5. The quantitative estimate of drug-likeness (QED) is 0.477. The molecule has 3 nitrogen and oxygen atoms in total. The van der Waals surface area contributed by atoms with Gasteiger partial charge in [-0.2, -0.15) is 5.26 Å². The second-order valence-electron chi connectivity index (χ2n) is 4.83. The zero-order valence-electron chi connectivity index (χ0n) is 12.5. The Morgan fingerprint density at radius 3 is 2.36 bits per heavy atom. The summed E-state index contributed by atoms with van der Waals surface area (Å²) in [5.41, 5.74) is 2.91. The molecule has 2 aromatic rings. The molecule has 2 rings (SSSR count). The maximum absolute atomic E-state index is 12.0. The maximum Gasteiger partial charge on any atom is 0.349 e. The monoisotopic (exact) mass is 291 g/mol. The highest BCUT2D eigenvalue weighted by Crippen LogP contribution is 2.11. The topological polar surface area (TPSA) is 50.1 Å². The van der Waals surface area contributed by atoms with E-state index in [1.54, 1.807) is 6.08 Å². The number of aryl methyl sites for hydroxylation is 1. The summed E-state index contributed by atoms with van der Waals surface area (Å²) >= 11 is 0. The van der Waals surface area contributed by atoms with Crippen LogP contribution in [0, 0.1) is 11.3 Å². The van der Waals surface area contributed by atoms with Crippen LogP contribution in [0.4, 0.5) is 0 Å². The van der Waals surface area contributed by atoms with Gasteiger partial charge in [-0.15, -0.1) is 0 Å². The molecule has 0 aliphatic heterocycles. The lowest BCUT2D eigenvalue weighted by atomic mass is 10.1. The second-order valence-corrected chi connectivity index (χ2v) is 4.83. The molecule has 0 fully saturated rings. The Morgan fingerprint density at radius 1 is 1.09 bits per heavy atom. The van der Waals surface area contributed by atoms with Crippen molar-refractivity contribution < 1.29 is 9.53 Å². The molecule has 0 saturated carbocycles. The SMILES string of the molecule is CCc1ccc(C=C(C#N)C(=O)OCc2ccccc2)cc1. The van der Waals surface area contributed by atoms with Crippen molar-refractivity contribution in [1.29, 1.82) is 5.26 Å². The van der Waals surface area contributed by atoms with Gasteiger partial charge < -0.3 is 4.74 Å². The van der Waals surface area contributed by atoms with Crippen molar-refractivity contribution >= 4 is 12.0 Å². The Balaban J connectivity index is 2.04. The fraction of sp³-hybridized carbons (Fsp3) is 0.158. The van der Waals surface area contributed by atoms with E-state index in [4.69, 9.17) is 10.00 Å². The van der Waals surface area contributed by atoms with Crippen molar-refractivity contribution in [2.45, 2.75) is 20.0 Å². The summed E-state index contributed by atoms with van der Waals surface area (Å²) < 4.78 is 5.17. The number of nitrogens with zero attached hydrogens (tertiary/aromatic N) is 1. The minimum atomic E-state index is -0.606. The van der Waals surface area contributed by atoms with Gasteiger partial charge in [0.2, 0.25) is 0 Å². The first-order chi connectivity index (χ1) is 10.7. The van der Waals surface area contributed by atoms with Gasteiger partial charge in [0, 0.05) is 0 Å². The Kier molecular flexibility index (Phi) is 5.50. The molecule has 0 aliphatic carbocycles. The molecule has 0 unspecified atom stereocenters. The van der Waals surface area contributed by atoms with E-state index >= 15 is 0 Å². The van der Waals surface area contributed by atoms with Crippen LogP contribution in [-0.4, -0.2) is 5.97 Å². The fourth-order valence-electron chi connectivity index (χ4n) is 1.95. The Labute approximate surface area is 130 Å². The van der Waals surface area contributed by atoms with Gasteiger partial charge >= 0.3 is 5.97 Å². The predicted octanol–water partition coefficient (Wildman–Crippen LogP) is 3.90. The van der Waals surface area contributed by atoms with E-state index < -0.39 is 5.97 Å². The molecule has 0 N–H and O–H groups in total. The van der Waals surface area contributed by atoms with Gasteiger partial charge in [-0.1, -0.05) is 61.5 Å². The summed E-state index contributed by atoms with van der Waals surface area (Å²) in [6.07, 6.45) is 2.50. The van der Waals surface area contributed by atoms with Crippen LogP contribution in [0.3, 0.4) is 0 Å². The van der Waals surface area contributed by atoms with E-state index in [1.807, 2.05) is 60.7 Å². The summed E-state index contributed by atoms with van der Waals surface area (Å²) in [4.78, 5) is 12.0. The Bertz CT molecular complexity index is 694. The number of nitriles is 1. The normalized spacial score (nSPS) is 10.8. The highest BCUT2D eigenvalue weighted by Gasteiger charge is 2.10. The van der Waals surface area contributed by atoms with Crippen molar-refractivity contribution in [3.63, 3.8) is 0 Å². The molecule has 0 amide bonds. The zero-order chi connectivity index (χ0) is 15.8. The molecule has 0 radical (unpaired) electrons. The first kappa shape index (κ1) is 15.5. The summed E-state index contributed by atoms with van der Waals surface area (Å²) in [5.74, 6) is -0.606. The third kappa shape index (κ3) is 4.32. The summed E-state index contributed by atoms with van der Waals surface area (Å²) in [6.45, 7) is 2.24. The van der Waals surface area contributed by atoms with Gasteiger partial charge in [0.25, 0.3) is 0 Å². The van der Waals surface area contributed by atoms with E-state index in [9.17, 15) is 4.79 Å². The van der Waals surface area contributed by atoms with Gasteiger partial charge in [-0.05, 0) is 29.2 Å². The van der Waals surface area contributed by atoms with Crippen molar-refractivity contribution in [3.05, 3.63) is 76.9 Å². The lowest BCUT2D eigenvalue weighted by Gasteiger charge is -2.04. The van der Waals surface area contributed by atoms with Crippen LogP contribution in [0.2, 0.25) is 0 Å². The lowest BCUT2D eigenvalue weighted by Crippen LogP contribution is -2.06. The maximum atomic E-state index is 12.0. The molecule has 110 valence electrons. The molecule has 0 aliphatic rings. The molecular weight excluding hydrogens is 274 g/mol. The first-order valence-electron chi connectivity index (χ1n) is 7.14. The number of esters is 1. The standard InChI is InChI=1S/C19H17NO2/c1-2-15-8-10-16(11-9-15)12-18(13-20)19(21)22-14-17-6-4-3-5-7-17/h3-12H,2,14H2,1H3. The smallest absolute Gasteiger partial charge is 0.349 e. The molecule has 0 atom stereocenters. The molecule has 0 bridgehead atoms. The number of carbonyl (C=O) groups excluding carboxylic acids is 1. The van der Waals surface area contributed by atoms with Crippen LogP contribution in [-0.2, 0) is 22.6 Å².